The van der Waals surface area contributed by atoms with E-state index in [4.69, 9.17) is 0 Å². The molecule has 6 nitrogen and oxygen atoms in total. The Morgan fingerprint density at radius 2 is 1.95 bits per heavy atom. The quantitative estimate of drug-likeness (QED) is 0.846. The van der Waals surface area contributed by atoms with Crippen molar-refractivity contribution in [1.82, 2.24) is 4.72 Å². The van der Waals surface area contributed by atoms with E-state index in [1.165, 1.54) is 31.4 Å². The SMILES string of the molecule is COC(=O)Nc1ccc(S(=O)(=O)NCCc2ccsc2)cc1. The number of rotatable bonds is 6. The van der Waals surface area contributed by atoms with Gasteiger partial charge in [0.05, 0.1) is 12.0 Å². The van der Waals surface area contributed by atoms with Gasteiger partial charge in [-0.1, -0.05) is 0 Å². The zero-order valence-electron chi connectivity index (χ0n) is 11.9. The lowest BCUT2D eigenvalue weighted by molar-refractivity contribution is 0.187. The summed E-state index contributed by atoms with van der Waals surface area (Å²) in [6.07, 6.45) is 0.0366. The summed E-state index contributed by atoms with van der Waals surface area (Å²) in [6.45, 7) is 0.335. The number of hydrogen-bond acceptors (Lipinski definition) is 5. The fourth-order valence-corrected chi connectivity index (χ4v) is 3.47. The van der Waals surface area contributed by atoms with Gasteiger partial charge in [-0.25, -0.2) is 17.9 Å². The summed E-state index contributed by atoms with van der Waals surface area (Å²) in [5.41, 5.74) is 1.56. The van der Waals surface area contributed by atoms with E-state index < -0.39 is 16.1 Å². The summed E-state index contributed by atoms with van der Waals surface area (Å²) in [5, 5.41) is 6.40. The highest BCUT2D eigenvalue weighted by Gasteiger charge is 2.13. The van der Waals surface area contributed by atoms with Crippen molar-refractivity contribution in [2.24, 2.45) is 0 Å². The smallest absolute Gasteiger partial charge is 0.411 e. The molecular weight excluding hydrogens is 324 g/mol. The normalized spacial score (nSPS) is 11.1. The molecule has 0 fully saturated rings. The maximum absolute atomic E-state index is 12.1. The molecule has 0 aliphatic heterocycles. The third kappa shape index (κ3) is 4.55. The Kier molecular flexibility index (Phi) is 5.53. The molecule has 0 saturated heterocycles. The van der Waals surface area contributed by atoms with Crippen LogP contribution in [-0.2, 0) is 21.2 Å². The second-order valence-electron chi connectivity index (χ2n) is 4.42. The van der Waals surface area contributed by atoms with Gasteiger partial charge in [-0.3, -0.25) is 5.32 Å². The van der Waals surface area contributed by atoms with E-state index in [-0.39, 0.29) is 4.90 Å². The Balaban J connectivity index is 1.95. The summed E-state index contributed by atoms with van der Waals surface area (Å²) in [5.74, 6) is 0. The van der Waals surface area contributed by atoms with Crippen LogP contribution in [0.1, 0.15) is 5.56 Å². The molecule has 2 aromatic rings. The van der Waals surface area contributed by atoms with E-state index in [9.17, 15) is 13.2 Å². The molecule has 0 aliphatic carbocycles. The molecule has 118 valence electrons. The van der Waals surface area contributed by atoms with Gasteiger partial charge in [0.2, 0.25) is 10.0 Å². The summed E-state index contributed by atoms with van der Waals surface area (Å²) >= 11 is 1.58. The summed E-state index contributed by atoms with van der Waals surface area (Å²) in [4.78, 5) is 11.2. The highest BCUT2D eigenvalue weighted by molar-refractivity contribution is 7.89. The molecule has 0 spiro atoms. The van der Waals surface area contributed by atoms with Crippen LogP contribution in [0, 0.1) is 0 Å². The summed E-state index contributed by atoms with van der Waals surface area (Å²) in [6, 6.07) is 7.83. The first kappa shape index (κ1) is 16.5. The average Bonchev–Trinajstić information content (AvgIpc) is 3.01. The summed E-state index contributed by atoms with van der Waals surface area (Å²) in [7, 11) is -2.30. The van der Waals surface area contributed by atoms with Crippen molar-refractivity contribution < 1.29 is 17.9 Å². The number of carbonyl (C=O) groups is 1. The van der Waals surface area contributed by atoms with Crippen LogP contribution in [-0.4, -0.2) is 28.2 Å². The van der Waals surface area contributed by atoms with E-state index in [0.29, 0.717) is 18.7 Å². The molecule has 0 radical (unpaired) electrons. The number of nitrogens with one attached hydrogen (secondary N) is 2. The van der Waals surface area contributed by atoms with Crippen LogP contribution in [0.5, 0.6) is 0 Å². The first-order chi connectivity index (χ1) is 10.5. The first-order valence-corrected chi connectivity index (χ1v) is 8.89. The predicted octanol–water partition coefficient (Wildman–Crippen LogP) is 2.45. The van der Waals surface area contributed by atoms with Crippen molar-refractivity contribution >= 4 is 33.1 Å². The number of amides is 1. The lowest BCUT2D eigenvalue weighted by Crippen LogP contribution is -2.25. The number of thiophene rings is 1. The van der Waals surface area contributed by atoms with Crippen LogP contribution in [0.2, 0.25) is 0 Å². The van der Waals surface area contributed by atoms with Gasteiger partial charge >= 0.3 is 6.09 Å². The van der Waals surface area contributed by atoms with Gasteiger partial charge < -0.3 is 4.74 Å². The highest BCUT2D eigenvalue weighted by Crippen LogP contribution is 2.14. The minimum absolute atomic E-state index is 0.147. The van der Waals surface area contributed by atoms with Gasteiger partial charge in [0.1, 0.15) is 0 Å². The molecule has 0 aliphatic rings. The second kappa shape index (κ2) is 7.39. The van der Waals surface area contributed by atoms with Gasteiger partial charge in [-0.2, -0.15) is 11.3 Å². The lowest BCUT2D eigenvalue weighted by atomic mass is 10.2. The maximum atomic E-state index is 12.1. The Morgan fingerprint density at radius 3 is 2.55 bits per heavy atom. The van der Waals surface area contributed by atoms with E-state index in [0.717, 1.165) is 5.56 Å². The van der Waals surface area contributed by atoms with Crippen LogP contribution in [0.15, 0.2) is 46.0 Å². The number of carbonyl (C=O) groups excluding carboxylic acids is 1. The predicted molar refractivity (Wildman–Crippen MR) is 85.7 cm³/mol. The fraction of sp³-hybridized carbons (Fsp3) is 0.214. The van der Waals surface area contributed by atoms with E-state index >= 15 is 0 Å². The topological polar surface area (TPSA) is 84.5 Å². The van der Waals surface area contributed by atoms with Crippen molar-refractivity contribution in [2.75, 3.05) is 19.0 Å². The molecule has 1 aromatic carbocycles. The van der Waals surface area contributed by atoms with Gasteiger partial charge in [-0.15, -0.1) is 0 Å². The van der Waals surface area contributed by atoms with E-state index in [2.05, 4.69) is 14.8 Å². The average molecular weight is 340 g/mol. The molecule has 8 heteroatoms. The molecule has 2 rings (SSSR count). The molecule has 0 atom stereocenters. The van der Waals surface area contributed by atoms with Gasteiger partial charge in [0.25, 0.3) is 0 Å². The second-order valence-corrected chi connectivity index (χ2v) is 6.97. The maximum Gasteiger partial charge on any atom is 0.411 e. The van der Waals surface area contributed by atoms with Gasteiger partial charge in [-0.05, 0) is 53.1 Å². The minimum atomic E-state index is -3.55. The number of ether oxygens (including phenoxy) is 1. The van der Waals surface area contributed by atoms with Gasteiger partial charge in [0, 0.05) is 12.2 Å². The number of hydrogen-bond donors (Lipinski definition) is 2. The van der Waals surface area contributed by atoms with Crippen molar-refractivity contribution in [3.8, 4) is 0 Å². The van der Waals surface area contributed by atoms with Crippen molar-refractivity contribution in [2.45, 2.75) is 11.3 Å². The van der Waals surface area contributed by atoms with E-state index in [1.807, 2.05) is 16.8 Å². The largest absolute Gasteiger partial charge is 0.453 e. The van der Waals surface area contributed by atoms with Crippen LogP contribution in [0.4, 0.5) is 10.5 Å². The number of benzene rings is 1. The zero-order chi connectivity index (χ0) is 16.0. The molecule has 1 aromatic heterocycles. The lowest BCUT2D eigenvalue weighted by Gasteiger charge is -2.08. The van der Waals surface area contributed by atoms with Crippen LogP contribution < -0.4 is 10.0 Å². The molecule has 0 unspecified atom stereocenters. The molecule has 0 saturated carbocycles. The van der Waals surface area contributed by atoms with Crippen molar-refractivity contribution in [3.63, 3.8) is 0 Å². The molecule has 0 bridgehead atoms. The van der Waals surface area contributed by atoms with Crippen LogP contribution in [0.3, 0.4) is 0 Å². The highest BCUT2D eigenvalue weighted by atomic mass is 32.2. The van der Waals surface area contributed by atoms with Crippen LogP contribution >= 0.6 is 11.3 Å². The molecule has 1 amide bonds. The Labute approximate surface area is 133 Å². The minimum Gasteiger partial charge on any atom is -0.453 e. The monoisotopic (exact) mass is 340 g/mol. The van der Waals surface area contributed by atoms with E-state index in [1.54, 1.807) is 11.3 Å². The molecular formula is C14H16N2O4S2. The molecule has 2 N–H and O–H groups in total. The van der Waals surface area contributed by atoms with Crippen molar-refractivity contribution in [1.29, 1.82) is 0 Å². The standard InChI is InChI=1S/C14H16N2O4S2/c1-20-14(17)16-12-2-4-13(5-3-12)22(18,19)15-8-6-11-7-9-21-10-11/h2-5,7,9-10,15H,6,8H2,1H3,(H,16,17). The third-order valence-corrected chi connectivity index (χ3v) is 5.09. The zero-order valence-corrected chi connectivity index (χ0v) is 13.5. The molecule has 22 heavy (non-hydrogen) atoms. The number of anilines is 1. The number of methoxy groups -OCH3 is 1. The Bertz CT molecular complexity index is 710. The van der Waals surface area contributed by atoms with Gasteiger partial charge in [0.15, 0.2) is 0 Å². The fourth-order valence-electron chi connectivity index (χ4n) is 1.73. The van der Waals surface area contributed by atoms with Crippen LogP contribution in [0.25, 0.3) is 0 Å². The Morgan fingerprint density at radius 1 is 1.23 bits per heavy atom. The molecule has 1 heterocycles. The first-order valence-electron chi connectivity index (χ1n) is 6.47. The third-order valence-electron chi connectivity index (χ3n) is 2.88. The number of sulfonamides is 1. The summed E-state index contributed by atoms with van der Waals surface area (Å²) < 4.78 is 31.3. The Hall–Kier alpha value is -1.90. The van der Waals surface area contributed by atoms with Crippen molar-refractivity contribution in [3.05, 3.63) is 46.7 Å².